The summed E-state index contributed by atoms with van der Waals surface area (Å²) < 4.78 is 0. The molecule has 0 rings (SSSR count). The highest BCUT2D eigenvalue weighted by Gasteiger charge is 2.15. The zero-order valence-electron chi connectivity index (χ0n) is 10.7. The highest BCUT2D eigenvalue weighted by atomic mass is 35.5. The van der Waals surface area contributed by atoms with Crippen LogP contribution in [0, 0.1) is 5.92 Å². The van der Waals surface area contributed by atoms with Crippen LogP contribution >= 0.6 is 24.0 Å². The average molecular weight is 286 g/mol. The molecule has 0 spiro atoms. The maximum absolute atomic E-state index is 10.4. The van der Waals surface area contributed by atoms with Gasteiger partial charge in [0.15, 0.2) is 0 Å². The smallest absolute Gasteiger partial charge is 0.405 e. The van der Waals surface area contributed by atoms with E-state index in [0.717, 1.165) is 12.8 Å². The number of unbranched alkanes of at least 4 members (excludes halogenated alkanes) is 5. The molecule has 5 heteroatoms. The molecule has 0 fully saturated rings. The second-order valence-electron chi connectivity index (χ2n) is 4.38. The van der Waals surface area contributed by atoms with Crippen molar-refractivity contribution in [3.63, 3.8) is 0 Å². The van der Waals surface area contributed by atoms with Crippen molar-refractivity contribution in [3.8, 4) is 0 Å². The Morgan fingerprint density at radius 3 is 2.29 bits per heavy atom. The van der Waals surface area contributed by atoms with E-state index in [-0.39, 0.29) is 18.3 Å². The van der Waals surface area contributed by atoms with Crippen LogP contribution in [0.1, 0.15) is 58.8 Å². The van der Waals surface area contributed by atoms with Gasteiger partial charge in [0.1, 0.15) is 5.50 Å². The third-order valence-corrected chi connectivity index (χ3v) is 3.31. The van der Waals surface area contributed by atoms with Crippen LogP contribution in [0.25, 0.3) is 0 Å². The lowest BCUT2D eigenvalue weighted by molar-refractivity contribution is 0.190. The van der Waals surface area contributed by atoms with Gasteiger partial charge in [0, 0.05) is 0 Å². The van der Waals surface area contributed by atoms with Crippen LogP contribution < -0.4 is 5.32 Å². The van der Waals surface area contributed by atoms with Gasteiger partial charge in [-0.2, -0.15) is 0 Å². The molecule has 0 aromatic rings. The topological polar surface area (TPSA) is 49.3 Å². The number of hydrogen-bond donors (Lipinski definition) is 2. The minimum absolute atomic E-state index is 0. The first kappa shape index (κ1) is 19.2. The molecule has 17 heavy (non-hydrogen) atoms. The van der Waals surface area contributed by atoms with E-state index >= 15 is 0 Å². The van der Waals surface area contributed by atoms with Gasteiger partial charge in [-0.25, -0.2) is 4.79 Å². The normalized spacial score (nSPS) is 13.6. The fraction of sp³-hybridized carbons (Fsp3) is 0.917. The summed E-state index contributed by atoms with van der Waals surface area (Å²) >= 11 is 5.90. The van der Waals surface area contributed by atoms with Crippen LogP contribution in [0.4, 0.5) is 4.79 Å². The van der Waals surface area contributed by atoms with Crippen LogP contribution in [-0.4, -0.2) is 16.7 Å². The molecule has 0 aliphatic heterocycles. The van der Waals surface area contributed by atoms with Crippen LogP contribution in [0.3, 0.4) is 0 Å². The minimum Gasteiger partial charge on any atom is -0.465 e. The summed E-state index contributed by atoms with van der Waals surface area (Å²) in [5.74, 6) is 0.198. The molecule has 0 saturated heterocycles. The number of rotatable bonds is 9. The van der Waals surface area contributed by atoms with Gasteiger partial charge < -0.3 is 10.4 Å². The fourth-order valence-electron chi connectivity index (χ4n) is 1.65. The maximum Gasteiger partial charge on any atom is 0.405 e. The summed E-state index contributed by atoms with van der Waals surface area (Å²) in [5.41, 5.74) is -0.465. The summed E-state index contributed by atoms with van der Waals surface area (Å²) in [6, 6.07) is 0. The number of alkyl halides is 1. The van der Waals surface area contributed by atoms with E-state index in [0.29, 0.717) is 0 Å². The molecule has 0 saturated carbocycles. The molecule has 0 aliphatic carbocycles. The molecule has 2 unspecified atom stereocenters. The van der Waals surface area contributed by atoms with Crippen LogP contribution in [0.5, 0.6) is 0 Å². The van der Waals surface area contributed by atoms with Gasteiger partial charge in [-0.1, -0.05) is 64.0 Å². The molecule has 2 N–H and O–H groups in total. The first-order valence-corrected chi connectivity index (χ1v) is 6.65. The first-order chi connectivity index (χ1) is 7.57. The van der Waals surface area contributed by atoms with Crippen molar-refractivity contribution < 1.29 is 9.90 Å². The Hall–Kier alpha value is -0.150. The molecule has 0 aromatic heterocycles. The summed E-state index contributed by atoms with van der Waals surface area (Å²) in [6.45, 7) is 4.19. The molecule has 104 valence electrons. The second kappa shape index (κ2) is 12.3. The molecule has 2 atom stereocenters. The molecule has 0 aliphatic rings. The molecule has 0 bridgehead atoms. The van der Waals surface area contributed by atoms with E-state index in [2.05, 4.69) is 12.2 Å². The van der Waals surface area contributed by atoms with Gasteiger partial charge in [0.05, 0.1) is 0 Å². The Kier molecular flexibility index (Phi) is 13.9. The van der Waals surface area contributed by atoms with E-state index in [1.165, 1.54) is 32.1 Å². The first-order valence-electron chi connectivity index (χ1n) is 6.21. The Morgan fingerprint density at radius 1 is 1.24 bits per heavy atom. The zero-order chi connectivity index (χ0) is 12.4. The SMILES string of the molecule is CCCCCCCCC(C)C(Cl)NC(=O)O.Cl. The van der Waals surface area contributed by atoms with Gasteiger partial charge in [-0.3, -0.25) is 0 Å². The van der Waals surface area contributed by atoms with Crippen molar-refractivity contribution >= 4 is 30.1 Å². The molecular formula is C12H25Cl2NO2. The van der Waals surface area contributed by atoms with Gasteiger partial charge in [-0.05, 0) is 12.3 Å². The van der Waals surface area contributed by atoms with Crippen molar-refractivity contribution in [3.05, 3.63) is 0 Å². The average Bonchev–Trinajstić information content (AvgIpc) is 2.21. The summed E-state index contributed by atoms with van der Waals surface area (Å²) in [5, 5.41) is 10.8. The standard InChI is InChI=1S/C12H24ClNO2.ClH/c1-3-4-5-6-7-8-9-10(2)11(13)14-12(15)16;/h10-11,14H,3-9H2,1-2H3,(H,15,16);1H. The summed E-state index contributed by atoms with van der Waals surface area (Å²) in [6.07, 6.45) is 7.46. The highest BCUT2D eigenvalue weighted by molar-refractivity contribution is 6.21. The minimum atomic E-state index is -1.05. The third kappa shape index (κ3) is 12.1. The molecule has 1 amide bonds. The van der Waals surface area contributed by atoms with E-state index in [9.17, 15) is 4.79 Å². The molecule has 0 radical (unpaired) electrons. The highest BCUT2D eigenvalue weighted by Crippen LogP contribution is 2.17. The fourth-order valence-corrected chi connectivity index (χ4v) is 1.87. The van der Waals surface area contributed by atoms with Gasteiger partial charge >= 0.3 is 6.09 Å². The van der Waals surface area contributed by atoms with Crippen molar-refractivity contribution in [2.75, 3.05) is 0 Å². The lowest BCUT2D eigenvalue weighted by Gasteiger charge is -2.17. The maximum atomic E-state index is 10.4. The van der Waals surface area contributed by atoms with E-state index in [1.54, 1.807) is 0 Å². The van der Waals surface area contributed by atoms with Crippen molar-refractivity contribution in [1.29, 1.82) is 0 Å². The van der Waals surface area contributed by atoms with Crippen molar-refractivity contribution in [1.82, 2.24) is 5.32 Å². The summed E-state index contributed by atoms with van der Waals surface area (Å²) in [7, 11) is 0. The van der Waals surface area contributed by atoms with E-state index in [1.807, 2.05) is 6.92 Å². The summed E-state index contributed by atoms with van der Waals surface area (Å²) in [4.78, 5) is 10.4. The number of amides is 1. The van der Waals surface area contributed by atoms with E-state index < -0.39 is 11.6 Å². The lowest BCUT2D eigenvalue weighted by atomic mass is 10.0. The van der Waals surface area contributed by atoms with Crippen LogP contribution in [0.15, 0.2) is 0 Å². The monoisotopic (exact) mass is 285 g/mol. The van der Waals surface area contributed by atoms with Crippen LogP contribution in [-0.2, 0) is 0 Å². The predicted molar refractivity (Wildman–Crippen MR) is 75.2 cm³/mol. The zero-order valence-corrected chi connectivity index (χ0v) is 12.3. The van der Waals surface area contributed by atoms with Gasteiger partial charge in [0.25, 0.3) is 0 Å². The van der Waals surface area contributed by atoms with Crippen molar-refractivity contribution in [2.45, 2.75) is 64.3 Å². The van der Waals surface area contributed by atoms with Gasteiger partial charge in [-0.15, -0.1) is 12.4 Å². The number of nitrogens with one attached hydrogen (secondary N) is 1. The lowest BCUT2D eigenvalue weighted by Crippen LogP contribution is -2.34. The molecule has 0 heterocycles. The Balaban J connectivity index is 0. The number of carboxylic acid groups (broad SMARTS) is 1. The van der Waals surface area contributed by atoms with Crippen molar-refractivity contribution in [2.24, 2.45) is 5.92 Å². The van der Waals surface area contributed by atoms with Crippen LogP contribution in [0.2, 0.25) is 0 Å². The Morgan fingerprint density at radius 2 is 1.76 bits per heavy atom. The Labute approximate surface area is 116 Å². The number of carbonyl (C=O) groups is 1. The second-order valence-corrected chi connectivity index (χ2v) is 4.86. The quantitative estimate of drug-likeness (QED) is 0.369. The Bertz CT molecular complexity index is 191. The molecule has 0 aromatic carbocycles. The third-order valence-electron chi connectivity index (χ3n) is 2.77. The van der Waals surface area contributed by atoms with Gasteiger partial charge in [0.2, 0.25) is 0 Å². The number of hydrogen-bond acceptors (Lipinski definition) is 1. The predicted octanol–water partition coefficient (Wildman–Crippen LogP) is 4.63. The molecular weight excluding hydrogens is 261 g/mol. The number of halogens is 2. The largest absolute Gasteiger partial charge is 0.465 e. The molecule has 3 nitrogen and oxygen atoms in total. The van der Waals surface area contributed by atoms with E-state index in [4.69, 9.17) is 16.7 Å².